The van der Waals surface area contributed by atoms with Crippen LogP contribution in [0.2, 0.25) is 0 Å². The van der Waals surface area contributed by atoms with Gasteiger partial charge in [-0.2, -0.15) is 0 Å². The first-order valence-corrected chi connectivity index (χ1v) is 4.95. The summed E-state index contributed by atoms with van der Waals surface area (Å²) in [5.74, 6) is 5.98. The average molecular weight is 196 g/mol. The summed E-state index contributed by atoms with van der Waals surface area (Å²) >= 11 is 0. The topological polar surface area (TPSA) is 38.9 Å². The average Bonchev–Trinajstić information content (AvgIpc) is 2.29. The van der Waals surface area contributed by atoms with Gasteiger partial charge >= 0.3 is 0 Å². The summed E-state index contributed by atoms with van der Waals surface area (Å²) in [7, 11) is 0. The molecule has 0 atom stereocenters. The minimum absolute atomic E-state index is 0.598. The van der Waals surface area contributed by atoms with Crippen LogP contribution in [-0.2, 0) is 0 Å². The van der Waals surface area contributed by atoms with E-state index in [4.69, 9.17) is 5.73 Å². The van der Waals surface area contributed by atoms with E-state index in [2.05, 4.69) is 16.8 Å². The fourth-order valence-electron chi connectivity index (χ4n) is 1.36. The lowest BCUT2D eigenvalue weighted by atomic mass is 10.2. The summed E-state index contributed by atoms with van der Waals surface area (Å²) in [5, 5.41) is 1.14. The van der Waals surface area contributed by atoms with Gasteiger partial charge in [0.25, 0.3) is 0 Å². The fraction of sp³-hybridized carbons (Fsp3) is 0.154. The van der Waals surface area contributed by atoms with Gasteiger partial charge in [0.1, 0.15) is 5.69 Å². The van der Waals surface area contributed by atoms with E-state index in [0.717, 1.165) is 16.6 Å². The normalized spacial score (nSPS) is 9.67. The highest BCUT2D eigenvalue weighted by molar-refractivity contribution is 5.78. The van der Waals surface area contributed by atoms with Gasteiger partial charge in [0.05, 0.1) is 5.52 Å². The minimum atomic E-state index is 0.598. The minimum Gasteiger partial charge on any atom is -0.330 e. The van der Waals surface area contributed by atoms with Crippen LogP contribution in [0.1, 0.15) is 12.1 Å². The molecule has 0 saturated heterocycles. The van der Waals surface area contributed by atoms with E-state index in [1.165, 1.54) is 0 Å². The summed E-state index contributed by atoms with van der Waals surface area (Å²) in [6.07, 6.45) is 0.717. The lowest BCUT2D eigenvalue weighted by molar-refractivity contribution is 1.03. The molecular formula is C13H12N2. The van der Waals surface area contributed by atoms with Gasteiger partial charge in [-0.3, -0.25) is 0 Å². The molecule has 0 aliphatic heterocycles. The summed E-state index contributed by atoms with van der Waals surface area (Å²) < 4.78 is 0. The number of hydrogen-bond acceptors (Lipinski definition) is 2. The van der Waals surface area contributed by atoms with E-state index in [9.17, 15) is 0 Å². The van der Waals surface area contributed by atoms with Crippen molar-refractivity contribution in [2.24, 2.45) is 5.73 Å². The van der Waals surface area contributed by atoms with Crippen LogP contribution in [0.25, 0.3) is 10.9 Å². The zero-order valence-corrected chi connectivity index (χ0v) is 8.40. The lowest BCUT2D eigenvalue weighted by Gasteiger charge is -1.96. The van der Waals surface area contributed by atoms with Gasteiger partial charge in [0.2, 0.25) is 0 Å². The summed E-state index contributed by atoms with van der Waals surface area (Å²) in [4.78, 5) is 4.43. The molecule has 0 saturated carbocycles. The van der Waals surface area contributed by atoms with E-state index in [0.29, 0.717) is 13.0 Å². The Morgan fingerprint density at radius 1 is 1.13 bits per heavy atom. The molecule has 0 unspecified atom stereocenters. The van der Waals surface area contributed by atoms with Crippen molar-refractivity contribution in [3.05, 3.63) is 42.1 Å². The van der Waals surface area contributed by atoms with Gasteiger partial charge in [-0.15, -0.1) is 0 Å². The van der Waals surface area contributed by atoms with E-state index in [-0.39, 0.29) is 0 Å². The molecule has 2 N–H and O–H groups in total. The van der Waals surface area contributed by atoms with Crippen molar-refractivity contribution in [3.63, 3.8) is 0 Å². The van der Waals surface area contributed by atoms with Gasteiger partial charge in [-0.05, 0) is 18.1 Å². The number of hydrogen-bond donors (Lipinski definition) is 1. The van der Waals surface area contributed by atoms with E-state index in [1.54, 1.807) is 0 Å². The highest BCUT2D eigenvalue weighted by Crippen LogP contribution is 2.10. The SMILES string of the molecule is NCCC#Cc1ccc2ccccc2n1. The zero-order valence-electron chi connectivity index (χ0n) is 8.40. The number of nitrogens with zero attached hydrogens (tertiary/aromatic N) is 1. The summed E-state index contributed by atoms with van der Waals surface area (Å²) in [5.41, 5.74) is 7.15. The molecule has 0 spiro atoms. The maximum absolute atomic E-state index is 5.36. The number of nitrogens with two attached hydrogens (primary N) is 1. The molecule has 0 bridgehead atoms. The van der Waals surface area contributed by atoms with Gasteiger partial charge < -0.3 is 5.73 Å². The number of pyridine rings is 1. The maximum atomic E-state index is 5.36. The van der Waals surface area contributed by atoms with Crippen LogP contribution in [0.4, 0.5) is 0 Å². The molecule has 2 nitrogen and oxygen atoms in total. The number of fused-ring (bicyclic) bond motifs is 1. The smallest absolute Gasteiger partial charge is 0.113 e. The third kappa shape index (κ3) is 2.34. The van der Waals surface area contributed by atoms with Crippen LogP contribution in [-0.4, -0.2) is 11.5 Å². The predicted molar refractivity (Wildman–Crippen MR) is 62.3 cm³/mol. The zero-order chi connectivity index (χ0) is 10.5. The molecule has 2 rings (SSSR count). The van der Waals surface area contributed by atoms with Crippen LogP contribution < -0.4 is 5.73 Å². The Hall–Kier alpha value is -1.85. The Labute approximate surface area is 89.1 Å². The van der Waals surface area contributed by atoms with Gasteiger partial charge in [-0.1, -0.05) is 30.2 Å². The summed E-state index contributed by atoms with van der Waals surface area (Å²) in [6, 6.07) is 12.0. The molecule has 15 heavy (non-hydrogen) atoms. The molecule has 1 aromatic heterocycles. The molecule has 0 radical (unpaired) electrons. The van der Waals surface area contributed by atoms with Crippen molar-refractivity contribution in [1.82, 2.24) is 4.98 Å². The van der Waals surface area contributed by atoms with Crippen molar-refractivity contribution in [1.29, 1.82) is 0 Å². The van der Waals surface area contributed by atoms with Gasteiger partial charge in [0, 0.05) is 18.4 Å². The Bertz CT molecular complexity index is 521. The number of para-hydroxylation sites is 1. The van der Waals surface area contributed by atoms with Gasteiger partial charge in [0.15, 0.2) is 0 Å². The molecule has 0 amide bonds. The van der Waals surface area contributed by atoms with Crippen molar-refractivity contribution >= 4 is 10.9 Å². The third-order valence-electron chi connectivity index (χ3n) is 2.08. The van der Waals surface area contributed by atoms with Crippen LogP contribution in [0, 0.1) is 11.8 Å². The molecule has 0 fully saturated rings. The number of rotatable bonds is 1. The van der Waals surface area contributed by atoms with Crippen molar-refractivity contribution in [2.75, 3.05) is 6.54 Å². The molecule has 74 valence electrons. The highest BCUT2D eigenvalue weighted by Gasteiger charge is 1.93. The highest BCUT2D eigenvalue weighted by atomic mass is 14.7. The monoisotopic (exact) mass is 196 g/mol. The van der Waals surface area contributed by atoms with Crippen LogP contribution in [0.5, 0.6) is 0 Å². The van der Waals surface area contributed by atoms with Gasteiger partial charge in [-0.25, -0.2) is 4.98 Å². The van der Waals surface area contributed by atoms with Crippen LogP contribution in [0.15, 0.2) is 36.4 Å². The van der Waals surface area contributed by atoms with Crippen molar-refractivity contribution in [2.45, 2.75) is 6.42 Å². The lowest BCUT2D eigenvalue weighted by Crippen LogP contribution is -1.95. The Morgan fingerprint density at radius 2 is 2.00 bits per heavy atom. The molecule has 2 aromatic rings. The molecule has 0 aliphatic carbocycles. The Kier molecular flexibility index (Phi) is 2.96. The Morgan fingerprint density at radius 3 is 2.87 bits per heavy atom. The second kappa shape index (κ2) is 4.59. The molecule has 1 heterocycles. The summed E-state index contributed by atoms with van der Waals surface area (Å²) in [6.45, 7) is 0.598. The molecule has 0 aliphatic rings. The predicted octanol–water partition coefficient (Wildman–Crippen LogP) is 1.94. The number of benzene rings is 1. The second-order valence-electron chi connectivity index (χ2n) is 3.23. The first kappa shape index (κ1) is 9.70. The fourth-order valence-corrected chi connectivity index (χ4v) is 1.36. The Balaban J connectivity index is 2.36. The second-order valence-corrected chi connectivity index (χ2v) is 3.23. The first-order chi connectivity index (χ1) is 7.40. The maximum Gasteiger partial charge on any atom is 0.113 e. The molecular weight excluding hydrogens is 184 g/mol. The van der Waals surface area contributed by atoms with E-state index < -0.39 is 0 Å². The van der Waals surface area contributed by atoms with E-state index in [1.807, 2.05) is 36.4 Å². The third-order valence-corrected chi connectivity index (χ3v) is 2.08. The quantitative estimate of drug-likeness (QED) is 0.708. The van der Waals surface area contributed by atoms with Crippen LogP contribution >= 0.6 is 0 Å². The largest absolute Gasteiger partial charge is 0.330 e. The van der Waals surface area contributed by atoms with Crippen molar-refractivity contribution in [3.8, 4) is 11.8 Å². The first-order valence-electron chi connectivity index (χ1n) is 4.95. The van der Waals surface area contributed by atoms with E-state index >= 15 is 0 Å². The number of aromatic nitrogens is 1. The van der Waals surface area contributed by atoms with Crippen LogP contribution in [0.3, 0.4) is 0 Å². The molecule has 1 aromatic carbocycles. The molecule has 2 heteroatoms. The van der Waals surface area contributed by atoms with Crippen molar-refractivity contribution < 1.29 is 0 Å². The standard InChI is InChI=1S/C13H12N2/c14-10-4-3-6-12-9-8-11-5-1-2-7-13(11)15-12/h1-2,5,7-9H,4,10,14H2.